The number of nitrogens with one attached hydrogen (secondary N) is 3. The molecule has 0 unspecified atom stereocenters. The van der Waals surface area contributed by atoms with Gasteiger partial charge in [0.15, 0.2) is 5.16 Å². The molecule has 3 aromatic carbocycles. The summed E-state index contributed by atoms with van der Waals surface area (Å²) in [5, 5.41) is 0.861. The summed E-state index contributed by atoms with van der Waals surface area (Å²) in [5.41, 5.74) is 10.4. The van der Waals surface area contributed by atoms with E-state index in [1.165, 1.54) is 0 Å². The number of rotatable bonds is 6. The number of hydrogen-bond donors (Lipinski definition) is 3. The van der Waals surface area contributed by atoms with E-state index < -0.39 is 0 Å². The highest BCUT2D eigenvalue weighted by molar-refractivity contribution is 7.98. The van der Waals surface area contributed by atoms with Crippen molar-refractivity contribution in [2.75, 3.05) is 0 Å². The SMILES string of the molecule is Cc1ccccc1CC(=O)NNC(=O)c1ccc(CSc2nc3ccccc3[nH]2)cc1. The summed E-state index contributed by atoms with van der Waals surface area (Å²) in [5.74, 6) is 0.116. The van der Waals surface area contributed by atoms with Crippen LogP contribution < -0.4 is 10.9 Å². The molecule has 0 spiro atoms. The van der Waals surface area contributed by atoms with E-state index in [2.05, 4.69) is 20.8 Å². The van der Waals surface area contributed by atoms with Gasteiger partial charge in [-0.3, -0.25) is 20.4 Å². The van der Waals surface area contributed by atoms with Gasteiger partial charge < -0.3 is 4.98 Å². The lowest BCUT2D eigenvalue weighted by Crippen LogP contribution is -2.42. The summed E-state index contributed by atoms with van der Waals surface area (Å²) >= 11 is 1.61. The number of aryl methyl sites for hydroxylation is 1. The first kappa shape index (κ1) is 20.7. The molecule has 31 heavy (non-hydrogen) atoms. The van der Waals surface area contributed by atoms with Crippen molar-refractivity contribution in [3.05, 3.63) is 95.1 Å². The number of carbonyl (C=O) groups excluding carboxylic acids is 2. The number of carbonyl (C=O) groups is 2. The fraction of sp³-hybridized carbons (Fsp3) is 0.125. The number of thioether (sulfide) groups is 1. The van der Waals surface area contributed by atoms with Gasteiger partial charge in [-0.25, -0.2) is 4.98 Å². The van der Waals surface area contributed by atoms with E-state index in [4.69, 9.17) is 0 Å². The van der Waals surface area contributed by atoms with Crippen LogP contribution in [0, 0.1) is 6.92 Å². The van der Waals surface area contributed by atoms with Crippen LogP contribution in [0.2, 0.25) is 0 Å². The first-order valence-corrected chi connectivity index (χ1v) is 10.9. The Kier molecular flexibility index (Phi) is 6.33. The quantitative estimate of drug-likeness (QED) is 0.317. The van der Waals surface area contributed by atoms with Gasteiger partial charge in [-0.2, -0.15) is 0 Å². The second-order valence-electron chi connectivity index (χ2n) is 7.15. The molecule has 1 heterocycles. The van der Waals surface area contributed by atoms with Crippen molar-refractivity contribution < 1.29 is 9.59 Å². The molecular formula is C24H22N4O2S. The van der Waals surface area contributed by atoms with Crippen LogP contribution in [0.25, 0.3) is 11.0 Å². The zero-order valence-electron chi connectivity index (χ0n) is 17.0. The molecule has 0 radical (unpaired) electrons. The van der Waals surface area contributed by atoms with Crippen LogP contribution in [-0.2, 0) is 17.0 Å². The highest BCUT2D eigenvalue weighted by Gasteiger charge is 2.10. The molecule has 0 aliphatic rings. The van der Waals surface area contributed by atoms with E-state index in [9.17, 15) is 9.59 Å². The minimum Gasteiger partial charge on any atom is -0.333 e. The fourth-order valence-electron chi connectivity index (χ4n) is 3.13. The Morgan fingerprint density at radius 1 is 0.935 bits per heavy atom. The average molecular weight is 431 g/mol. The Labute approximate surface area is 184 Å². The molecule has 1 aromatic heterocycles. The van der Waals surface area contributed by atoms with Crippen LogP contribution in [0.1, 0.15) is 27.0 Å². The van der Waals surface area contributed by atoms with E-state index in [1.54, 1.807) is 23.9 Å². The Bertz CT molecular complexity index is 1180. The molecule has 0 saturated carbocycles. The second-order valence-corrected chi connectivity index (χ2v) is 8.11. The third kappa shape index (κ3) is 5.32. The summed E-state index contributed by atoms with van der Waals surface area (Å²) in [6.45, 7) is 1.95. The van der Waals surface area contributed by atoms with E-state index in [1.807, 2.05) is 67.6 Å². The molecule has 4 aromatic rings. The highest BCUT2D eigenvalue weighted by Crippen LogP contribution is 2.23. The van der Waals surface area contributed by atoms with Crippen molar-refractivity contribution in [1.82, 2.24) is 20.8 Å². The predicted octanol–water partition coefficient (Wildman–Crippen LogP) is 4.17. The van der Waals surface area contributed by atoms with E-state index in [0.717, 1.165) is 38.6 Å². The van der Waals surface area contributed by atoms with Gasteiger partial charge in [-0.1, -0.05) is 60.3 Å². The number of hydrazine groups is 1. The van der Waals surface area contributed by atoms with E-state index in [-0.39, 0.29) is 18.2 Å². The van der Waals surface area contributed by atoms with Crippen molar-refractivity contribution in [2.24, 2.45) is 0 Å². The normalized spacial score (nSPS) is 10.7. The van der Waals surface area contributed by atoms with Crippen molar-refractivity contribution in [1.29, 1.82) is 0 Å². The van der Waals surface area contributed by atoms with Crippen LogP contribution in [0.15, 0.2) is 78.0 Å². The van der Waals surface area contributed by atoms with E-state index in [0.29, 0.717) is 5.56 Å². The van der Waals surface area contributed by atoms with Crippen LogP contribution in [-0.4, -0.2) is 21.8 Å². The number of benzene rings is 3. The fourth-order valence-corrected chi connectivity index (χ4v) is 3.97. The van der Waals surface area contributed by atoms with Gasteiger partial charge in [-0.05, 0) is 47.9 Å². The average Bonchev–Trinajstić information content (AvgIpc) is 3.21. The third-order valence-corrected chi connectivity index (χ3v) is 5.83. The van der Waals surface area contributed by atoms with Crippen LogP contribution in [0.5, 0.6) is 0 Å². The van der Waals surface area contributed by atoms with Gasteiger partial charge >= 0.3 is 0 Å². The van der Waals surface area contributed by atoms with Crippen LogP contribution in [0.3, 0.4) is 0 Å². The van der Waals surface area contributed by atoms with Gasteiger partial charge in [0.1, 0.15) is 0 Å². The summed E-state index contributed by atoms with van der Waals surface area (Å²) in [4.78, 5) is 32.3. The smallest absolute Gasteiger partial charge is 0.269 e. The Balaban J connectivity index is 1.27. The van der Waals surface area contributed by atoms with Gasteiger partial charge in [0.05, 0.1) is 17.5 Å². The standard InChI is InChI=1S/C24H22N4O2S/c1-16-6-2-3-7-19(16)14-22(29)27-28-23(30)18-12-10-17(11-13-18)15-31-24-25-20-8-4-5-9-21(20)26-24/h2-13H,14-15H2,1H3,(H,25,26)(H,27,29)(H,28,30). The van der Waals surface area contributed by atoms with Crippen LogP contribution >= 0.6 is 11.8 Å². The number of para-hydroxylation sites is 2. The maximum atomic E-state index is 12.3. The maximum Gasteiger partial charge on any atom is 0.269 e. The predicted molar refractivity (Wildman–Crippen MR) is 123 cm³/mol. The van der Waals surface area contributed by atoms with Crippen molar-refractivity contribution in [2.45, 2.75) is 24.3 Å². The molecule has 0 bridgehead atoms. The summed E-state index contributed by atoms with van der Waals surface area (Å²) in [6, 6.07) is 22.9. The molecule has 3 N–H and O–H groups in total. The zero-order valence-corrected chi connectivity index (χ0v) is 17.8. The number of amides is 2. The van der Waals surface area contributed by atoms with Gasteiger partial charge in [0, 0.05) is 11.3 Å². The second kappa shape index (κ2) is 9.49. The highest BCUT2D eigenvalue weighted by atomic mass is 32.2. The number of fused-ring (bicyclic) bond motifs is 1. The Hall–Kier alpha value is -3.58. The lowest BCUT2D eigenvalue weighted by atomic mass is 10.1. The largest absolute Gasteiger partial charge is 0.333 e. The number of aromatic amines is 1. The molecule has 4 rings (SSSR count). The minimum atomic E-state index is -0.352. The van der Waals surface area contributed by atoms with Gasteiger partial charge in [-0.15, -0.1) is 0 Å². The number of aromatic nitrogens is 2. The monoisotopic (exact) mass is 430 g/mol. The summed E-state index contributed by atoms with van der Waals surface area (Å²) in [6.07, 6.45) is 0.213. The lowest BCUT2D eigenvalue weighted by Gasteiger charge is -2.09. The van der Waals surface area contributed by atoms with Crippen LogP contribution in [0.4, 0.5) is 0 Å². The minimum absolute atomic E-state index is 0.213. The number of hydrogen-bond acceptors (Lipinski definition) is 4. The Morgan fingerprint density at radius 3 is 2.45 bits per heavy atom. The zero-order chi connectivity index (χ0) is 21.6. The summed E-state index contributed by atoms with van der Waals surface area (Å²) in [7, 11) is 0. The molecule has 156 valence electrons. The van der Waals surface area contributed by atoms with Gasteiger partial charge in [0.2, 0.25) is 5.91 Å². The lowest BCUT2D eigenvalue weighted by molar-refractivity contribution is -0.121. The van der Waals surface area contributed by atoms with Gasteiger partial charge in [0.25, 0.3) is 5.91 Å². The van der Waals surface area contributed by atoms with Crippen molar-refractivity contribution in [3.8, 4) is 0 Å². The topological polar surface area (TPSA) is 86.9 Å². The molecule has 7 heteroatoms. The molecule has 0 aliphatic heterocycles. The number of H-pyrrole nitrogens is 1. The first-order chi connectivity index (χ1) is 15.1. The molecule has 2 amide bonds. The third-order valence-electron chi connectivity index (χ3n) is 4.89. The summed E-state index contributed by atoms with van der Waals surface area (Å²) < 4.78 is 0. The molecule has 6 nitrogen and oxygen atoms in total. The van der Waals surface area contributed by atoms with E-state index >= 15 is 0 Å². The van der Waals surface area contributed by atoms with Crippen molar-refractivity contribution >= 4 is 34.6 Å². The molecule has 0 atom stereocenters. The number of imidazole rings is 1. The van der Waals surface area contributed by atoms with Crippen molar-refractivity contribution in [3.63, 3.8) is 0 Å². The maximum absolute atomic E-state index is 12.3. The number of nitrogens with zero attached hydrogens (tertiary/aromatic N) is 1. The first-order valence-electron chi connectivity index (χ1n) is 9.88. The molecular weight excluding hydrogens is 408 g/mol. The Morgan fingerprint density at radius 2 is 1.68 bits per heavy atom. The molecule has 0 aliphatic carbocycles. The molecule has 0 saturated heterocycles. The molecule has 0 fully saturated rings.